The van der Waals surface area contributed by atoms with E-state index in [-0.39, 0.29) is 21.9 Å². The zero-order chi connectivity index (χ0) is 21.4. The molecule has 0 spiro atoms. The second-order valence-corrected chi connectivity index (χ2v) is 7.09. The summed E-state index contributed by atoms with van der Waals surface area (Å²) in [5, 5.41) is 12.6. The monoisotopic (exact) mass is 419 g/mol. The predicted molar refractivity (Wildman–Crippen MR) is 117 cm³/mol. The maximum atomic E-state index is 13.2. The highest BCUT2D eigenvalue weighted by Crippen LogP contribution is 2.27. The van der Waals surface area contributed by atoms with Crippen LogP contribution in [0.1, 0.15) is 22.8 Å². The zero-order valence-electron chi connectivity index (χ0n) is 16.0. The number of aromatic nitrogens is 1. The number of thiocarbonyl (C=S) groups is 1. The number of fused-ring (bicyclic) bond motifs is 1. The van der Waals surface area contributed by atoms with Gasteiger partial charge >= 0.3 is 5.97 Å². The number of hydrogen-bond donors (Lipinski definition) is 2. The summed E-state index contributed by atoms with van der Waals surface area (Å²) in [6.45, 7) is 2.75. The summed E-state index contributed by atoms with van der Waals surface area (Å²) in [6.07, 6.45) is 3.43. The van der Waals surface area contributed by atoms with Gasteiger partial charge in [0, 0.05) is 29.2 Å². The van der Waals surface area contributed by atoms with Gasteiger partial charge < -0.3 is 9.67 Å². The molecule has 7 nitrogen and oxygen atoms in total. The Labute approximate surface area is 177 Å². The molecule has 1 aliphatic rings. The minimum absolute atomic E-state index is 0.0107. The molecule has 2 heterocycles. The number of carbonyl (C=O) groups is 3. The first-order chi connectivity index (χ1) is 14.4. The molecule has 0 aliphatic carbocycles. The minimum Gasteiger partial charge on any atom is -0.478 e. The van der Waals surface area contributed by atoms with Gasteiger partial charge in [-0.1, -0.05) is 24.3 Å². The van der Waals surface area contributed by atoms with Gasteiger partial charge in [0.1, 0.15) is 5.57 Å². The van der Waals surface area contributed by atoms with E-state index in [4.69, 9.17) is 12.2 Å². The van der Waals surface area contributed by atoms with Crippen molar-refractivity contribution in [2.45, 2.75) is 13.5 Å². The Balaban J connectivity index is 1.81. The number of hydrogen-bond acceptors (Lipinski definition) is 4. The van der Waals surface area contributed by atoms with E-state index < -0.39 is 17.8 Å². The van der Waals surface area contributed by atoms with Gasteiger partial charge in [0.05, 0.1) is 11.3 Å². The molecule has 8 heteroatoms. The quantitative estimate of drug-likeness (QED) is 0.385. The topological polar surface area (TPSA) is 91.6 Å². The van der Waals surface area contributed by atoms with E-state index >= 15 is 0 Å². The molecule has 3 aromatic rings. The number of amides is 2. The Morgan fingerprint density at radius 1 is 1.17 bits per heavy atom. The molecular formula is C22H17N3O4S. The number of nitrogens with zero attached hydrogens (tertiary/aromatic N) is 2. The Morgan fingerprint density at radius 2 is 1.93 bits per heavy atom. The minimum atomic E-state index is -1.13. The third kappa shape index (κ3) is 3.27. The summed E-state index contributed by atoms with van der Waals surface area (Å²) in [5.74, 6) is -2.33. The average molecular weight is 419 g/mol. The predicted octanol–water partition coefficient (Wildman–Crippen LogP) is 3.19. The normalized spacial score (nSPS) is 15.7. The van der Waals surface area contributed by atoms with Gasteiger partial charge in [-0.05, 0) is 49.5 Å². The second-order valence-electron chi connectivity index (χ2n) is 6.70. The molecule has 0 unspecified atom stereocenters. The fourth-order valence-electron chi connectivity index (χ4n) is 3.48. The highest BCUT2D eigenvalue weighted by molar-refractivity contribution is 7.80. The summed E-state index contributed by atoms with van der Waals surface area (Å²) in [5.41, 5.74) is 1.93. The fraction of sp³-hybridized carbons (Fsp3) is 0.0909. The highest BCUT2D eigenvalue weighted by Gasteiger charge is 2.35. The molecule has 1 aromatic heterocycles. The van der Waals surface area contributed by atoms with Crippen molar-refractivity contribution in [3.8, 4) is 0 Å². The molecule has 4 rings (SSSR count). The van der Waals surface area contributed by atoms with E-state index in [1.165, 1.54) is 18.2 Å². The first-order valence-electron chi connectivity index (χ1n) is 9.23. The number of para-hydroxylation sites is 1. The molecule has 0 saturated carbocycles. The summed E-state index contributed by atoms with van der Waals surface area (Å²) in [6, 6.07) is 13.6. The van der Waals surface area contributed by atoms with Crippen LogP contribution in [0.25, 0.3) is 17.0 Å². The van der Waals surface area contributed by atoms with Crippen molar-refractivity contribution in [1.82, 2.24) is 9.88 Å². The molecule has 0 atom stereocenters. The molecular weight excluding hydrogens is 402 g/mol. The molecule has 0 bridgehead atoms. The Kier molecular flexibility index (Phi) is 4.93. The number of carboxylic acid groups (broad SMARTS) is 1. The van der Waals surface area contributed by atoms with Gasteiger partial charge in [-0.2, -0.15) is 0 Å². The molecule has 1 aliphatic heterocycles. The van der Waals surface area contributed by atoms with Crippen molar-refractivity contribution in [2.24, 2.45) is 0 Å². The van der Waals surface area contributed by atoms with Crippen molar-refractivity contribution < 1.29 is 19.5 Å². The lowest BCUT2D eigenvalue weighted by Gasteiger charge is -2.29. The van der Waals surface area contributed by atoms with Crippen molar-refractivity contribution in [3.05, 3.63) is 71.4 Å². The summed E-state index contributed by atoms with van der Waals surface area (Å²) < 4.78 is 2.03. The van der Waals surface area contributed by atoms with Crippen LogP contribution in [0.5, 0.6) is 0 Å². The van der Waals surface area contributed by atoms with Crippen LogP contribution in [0.2, 0.25) is 0 Å². The van der Waals surface area contributed by atoms with Gasteiger partial charge in [-0.3, -0.25) is 19.8 Å². The van der Waals surface area contributed by atoms with Crippen LogP contribution in [0, 0.1) is 0 Å². The largest absolute Gasteiger partial charge is 0.478 e. The van der Waals surface area contributed by atoms with E-state index in [1.54, 1.807) is 12.1 Å². The van der Waals surface area contributed by atoms with Crippen molar-refractivity contribution >= 4 is 57.8 Å². The number of benzene rings is 2. The first kappa shape index (κ1) is 19.5. The van der Waals surface area contributed by atoms with E-state index in [0.29, 0.717) is 0 Å². The summed E-state index contributed by atoms with van der Waals surface area (Å²) in [4.78, 5) is 38.2. The zero-order valence-corrected chi connectivity index (χ0v) is 16.8. The molecule has 0 radical (unpaired) electrons. The van der Waals surface area contributed by atoms with E-state index in [1.807, 2.05) is 42.0 Å². The standard InChI is InChI=1S/C22H17N3O4S/c1-2-24-12-14(16-8-3-4-9-18(16)24)11-17-19(26)23-22(30)25(20(17)27)15-7-5-6-13(10-15)21(28)29/h3-12H,2H2,1H3,(H,28,29)(H,23,26,30). The number of aromatic carboxylic acids is 1. The third-order valence-electron chi connectivity index (χ3n) is 4.91. The number of nitrogens with one attached hydrogen (secondary N) is 1. The lowest BCUT2D eigenvalue weighted by molar-refractivity contribution is -0.122. The average Bonchev–Trinajstić information content (AvgIpc) is 3.09. The van der Waals surface area contributed by atoms with Crippen LogP contribution in [0.15, 0.2) is 60.3 Å². The lowest BCUT2D eigenvalue weighted by atomic mass is 10.1. The summed E-state index contributed by atoms with van der Waals surface area (Å²) >= 11 is 5.18. The van der Waals surface area contributed by atoms with Crippen molar-refractivity contribution in [2.75, 3.05) is 4.90 Å². The summed E-state index contributed by atoms with van der Waals surface area (Å²) in [7, 11) is 0. The van der Waals surface area contributed by atoms with Gasteiger partial charge in [0.25, 0.3) is 11.8 Å². The smallest absolute Gasteiger partial charge is 0.335 e. The first-order valence-corrected chi connectivity index (χ1v) is 9.64. The third-order valence-corrected chi connectivity index (χ3v) is 5.20. The van der Waals surface area contributed by atoms with Gasteiger partial charge in [0.15, 0.2) is 5.11 Å². The van der Waals surface area contributed by atoms with Gasteiger partial charge in [-0.15, -0.1) is 0 Å². The molecule has 150 valence electrons. The van der Waals surface area contributed by atoms with E-state index in [2.05, 4.69) is 5.32 Å². The van der Waals surface area contributed by atoms with Crippen LogP contribution in [-0.4, -0.2) is 32.6 Å². The molecule has 2 aromatic carbocycles. The number of aryl methyl sites for hydroxylation is 1. The van der Waals surface area contributed by atoms with Crippen LogP contribution in [0.4, 0.5) is 5.69 Å². The van der Waals surface area contributed by atoms with Crippen molar-refractivity contribution in [1.29, 1.82) is 0 Å². The number of carbonyl (C=O) groups excluding carboxylic acids is 2. The van der Waals surface area contributed by atoms with Crippen LogP contribution < -0.4 is 10.2 Å². The van der Waals surface area contributed by atoms with Crippen LogP contribution >= 0.6 is 12.2 Å². The van der Waals surface area contributed by atoms with Gasteiger partial charge in [-0.25, -0.2) is 4.79 Å². The molecule has 2 amide bonds. The maximum absolute atomic E-state index is 13.2. The molecule has 2 N–H and O–H groups in total. The number of anilines is 1. The lowest BCUT2D eigenvalue weighted by Crippen LogP contribution is -2.54. The maximum Gasteiger partial charge on any atom is 0.335 e. The van der Waals surface area contributed by atoms with Crippen LogP contribution in [-0.2, 0) is 16.1 Å². The molecule has 30 heavy (non-hydrogen) atoms. The SMILES string of the molecule is CCn1cc(C=C2C(=O)NC(=S)N(c3cccc(C(=O)O)c3)C2=O)c2ccccc21. The highest BCUT2D eigenvalue weighted by atomic mass is 32.1. The molecule has 1 fully saturated rings. The Hall–Kier alpha value is -3.78. The Bertz CT molecular complexity index is 1260. The second kappa shape index (κ2) is 7.57. The Morgan fingerprint density at radius 3 is 2.67 bits per heavy atom. The molecule has 1 saturated heterocycles. The van der Waals surface area contributed by atoms with Crippen molar-refractivity contribution in [3.63, 3.8) is 0 Å². The van der Waals surface area contributed by atoms with Crippen LogP contribution in [0.3, 0.4) is 0 Å². The van der Waals surface area contributed by atoms with Gasteiger partial charge in [0.2, 0.25) is 0 Å². The number of carboxylic acids is 1. The van der Waals surface area contributed by atoms with E-state index in [9.17, 15) is 19.5 Å². The van der Waals surface area contributed by atoms with E-state index in [0.717, 1.165) is 27.9 Å². The number of rotatable bonds is 4. The fourth-order valence-corrected chi connectivity index (χ4v) is 3.76.